The second kappa shape index (κ2) is 7.57. The van der Waals surface area contributed by atoms with E-state index in [1.165, 1.54) is 12.5 Å². The van der Waals surface area contributed by atoms with Gasteiger partial charge in [0.25, 0.3) is 0 Å². The molecule has 2 N–H and O–H groups in total. The minimum atomic E-state index is -0.178. The van der Waals surface area contributed by atoms with Gasteiger partial charge in [0.2, 0.25) is 0 Å². The van der Waals surface area contributed by atoms with E-state index in [1.54, 1.807) is 12.4 Å². The minimum Gasteiger partial charge on any atom is -0.373 e. The number of aryl methyl sites for hydroxylation is 1. The van der Waals surface area contributed by atoms with Crippen LogP contribution in [0.5, 0.6) is 0 Å². The number of nitrogens with one attached hydrogen (secondary N) is 2. The number of rotatable bonds is 6. The lowest BCUT2D eigenvalue weighted by Gasteiger charge is -2.26. The Morgan fingerprint density at radius 1 is 1.29 bits per heavy atom. The highest BCUT2D eigenvalue weighted by molar-refractivity contribution is 5.49. The van der Waals surface area contributed by atoms with Gasteiger partial charge in [-0.1, -0.05) is 6.07 Å². The van der Waals surface area contributed by atoms with Crippen molar-refractivity contribution in [2.45, 2.75) is 32.4 Å². The maximum atomic E-state index is 13.2. The Morgan fingerprint density at radius 3 is 2.96 bits per heavy atom. The van der Waals surface area contributed by atoms with Crippen LogP contribution in [0.1, 0.15) is 24.0 Å². The van der Waals surface area contributed by atoms with E-state index < -0.39 is 0 Å². The predicted octanol–water partition coefficient (Wildman–Crippen LogP) is 2.72. The highest BCUT2D eigenvalue weighted by Gasteiger charge is 2.25. The number of aromatic nitrogens is 2. The van der Waals surface area contributed by atoms with Gasteiger partial charge in [-0.3, -0.25) is 0 Å². The van der Waals surface area contributed by atoms with Crippen LogP contribution in [0.25, 0.3) is 0 Å². The molecule has 0 saturated carbocycles. The molecule has 1 aliphatic rings. The normalized spacial score (nSPS) is 17.3. The van der Waals surface area contributed by atoms with Crippen molar-refractivity contribution < 1.29 is 4.39 Å². The topological polar surface area (TPSA) is 53.1 Å². The van der Waals surface area contributed by atoms with E-state index >= 15 is 0 Å². The Bertz CT molecular complexity index is 691. The van der Waals surface area contributed by atoms with Gasteiger partial charge < -0.3 is 15.5 Å². The second-order valence-corrected chi connectivity index (χ2v) is 6.20. The first-order valence-corrected chi connectivity index (χ1v) is 8.39. The van der Waals surface area contributed by atoms with Crippen molar-refractivity contribution >= 4 is 11.6 Å². The number of anilines is 2. The van der Waals surface area contributed by atoms with Gasteiger partial charge in [-0.15, -0.1) is 0 Å². The molecule has 1 unspecified atom stereocenters. The lowest BCUT2D eigenvalue weighted by Crippen LogP contribution is -2.38. The van der Waals surface area contributed by atoms with Gasteiger partial charge in [0, 0.05) is 38.8 Å². The van der Waals surface area contributed by atoms with Crippen LogP contribution >= 0.6 is 0 Å². The number of nitrogens with zero attached hydrogens (tertiary/aromatic N) is 3. The van der Waals surface area contributed by atoms with E-state index in [9.17, 15) is 4.39 Å². The number of hydrogen-bond donors (Lipinski definition) is 2. The molecule has 0 spiro atoms. The van der Waals surface area contributed by atoms with Crippen molar-refractivity contribution in [2.24, 2.45) is 0 Å². The summed E-state index contributed by atoms with van der Waals surface area (Å²) in [4.78, 5) is 10.9. The molecule has 3 rings (SSSR count). The van der Waals surface area contributed by atoms with E-state index in [0.29, 0.717) is 6.04 Å². The maximum absolute atomic E-state index is 13.2. The largest absolute Gasteiger partial charge is 0.373 e. The number of benzene rings is 1. The highest BCUT2D eigenvalue weighted by Crippen LogP contribution is 2.24. The quantitative estimate of drug-likeness (QED) is 0.853. The standard InChI is InChI=1S/C18H24FN5/c1-13-8-15(19)6-5-14(13)10-21-11-16-4-3-7-24(16)18-9-17(20-2)22-12-23-18/h5-6,8-9,12,16,21H,3-4,7,10-11H2,1-2H3,(H,20,22,23). The van der Waals surface area contributed by atoms with Gasteiger partial charge in [-0.2, -0.15) is 0 Å². The molecule has 1 aromatic carbocycles. The van der Waals surface area contributed by atoms with Crippen LogP contribution in [0.15, 0.2) is 30.6 Å². The van der Waals surface area contributed by atoms with Crippen LogP contribution in [0.3, 0.4) is 0 Å². The van der Waals surface area contributed by atoms with Crippen LogP contribution < -0.4 is 15.5 Å². The minimum absolute atomic E-state index is 0.178. The molecule has 128 valence electrons. The first-order chi connectivity index (χ1) is 11.7. The third-order valence-electron chi connectivity index (χ3n) is 4.58. The smallest absolute Gasteiger partial charge is 0.134 e. The number of hydrogen-bond acceptors (Lipinski definition) is 5. The molecule has 0 radical (unpaired) electrons. The van der Waals surface area contributed by atoms with Crippen molar-refractivity contribution in [2.75, 3.05) is 30.4 Å². The van der Waals surface area contributed by atoms with Crippen LogP contribution in [-0.4, -0.2) is 36.1 Å². The Balaban J connectivity index is 1.59. The number of halogens is 1. The fraction of sp³-hybridized carbons (Fsp3) is 0.444. The van der Waals surface area contributed by atoms with E-state index in [2.05, 4.69) is 25.5 Å². The molecule has 1 aromatic heterocycles. The SMILES string of the molecule is CNc1cc(N2CCCC2CNCc2ccc(F)cc2C)ncn1. The molecule has 1 atom stereocenters. The summed E-state index contributed by atoms with van der Waals surface area (Å²) in [6.07, 6.45) is 3.92. The third kappa shape index (κ3) is 3.82. The Hall–Kier alpha value is -2.21. The fourth-order valence-electron chi connectivity index (χ4n) is 3.22. The molecular formula is C18H24FN5. The molecule has 24 heavy (non-hydrogen) atoms. The summed E-state index contributed by atoms with van der Waals surface area (Å²) in [5, 5.41) is 6.57. The zero-order valence-corrected chi connectivity index (χ0v) is 14.2. The van der Waals surface area contributed by atoms with Crippen molar-refractivity contribution in [1.82, 2.24) is 15.3 Å². The van der Waals surface area contributed by atoms with Gasteiger partial charge in [0.05, 0.1) is 0 Å². The van der Waals surface area contributed by atoms with Crippen LogP contribution in [0, 0.1) is 12.7 Å². The summed E-state index contributed by atoms with van der Waals surface area (Å²) in [5.41, 5.74) is 2.13. The molecule has 1 fully saturated rings. The lowest BCUT2D eigenvalue weighted by molar-refractivity contribution is 0.568. The maximum Gasteiger partial charge on any atom is 0.134 e. The molecule has 1 saturated heterocycles. The first kappa shape index (κ1) is 16.6. The van der Waals surface area contributed by atoms with Crippen LogP contribution in [0.4, 0.5) is 16.0 Å². The van der Waals surface area contributed by atoms with E-state index in [4.69, 9.17) is 0 Å². The van der Waals surface area contributed by atoms with Crippen molar-refractivity contribution in [3.05, 3.63) is 47.5 Å². The zero-order valence-electron chi connectivity index (χ0n) is 14.2. The summed E-state index contributed by atoms with van der Waals surface area (Å²) in [6.45, 7) is 4.60. The van der Waals surface area contributed by atoms with Gasteiger partial charge in [-0.05, 0) is 43.0 Å². The average molecular weight is 329 g/mol. The van der Waals surface area contributed by atoms with E-state index in [1.807, 2.05) is 26.1 Å². The fourth-order valence-corrected chi connectivity index (χ4v) is 3.22. The molecule has 0 bridgehead atoms. The van der Waals surface area contributed by atoms with Crippen molar-refractivity contribution in [3.8, 4) is 0 Å². The molecule has 0 amide bonds. The van der Waals surface area contributed by atoms with Gasteiger partial charge >= 0.3 is 0 Å². The molecule has 5 nitrogen and oxygen atoms in total. The lowest BCUT2D eigenvalue weighted by atomic mass is 10.1. The summed E-state index contributed by atoms with van der Waals surface area (Å²) < 4.78 is 13.2. The predicted molar refractivity (Wildman–Crippen MR) is 94.8 cm³/mol. The van der Waals surface area contributed by atoms with Crippen molar-refractivity contribution in [3.63, 3.8) is 0 Å². The Labute approximate surface area is 142 Å². The molecule has 1 aliphatic heterocycles. The molecule has 6 heteroatoms. The monoisotopic (exact) mass is 329 g/mol. The van der Waals surface area contributed by atoms with Gasteiger partial charge in [-0.25, -0.2) is 14.4 Å². The summed E-state index contributed by atoms with van der Waals surface area (Å²) in [7, 11) is 1.86. The van der Waals surface area contributed by atoms with E-state index in [0.717, 1.165) is 48.8 Å². The third-order valence-corrected chi connectivity index (χ3v) is 4.58. The molecule has 2 aromatic rings. The molecule has 2 heterocycles. The summed E-state index contributed by atoms with van der Waals surface area (Å²) >= 11 is 0. The summed E-state index contributed by atoms with van der Waals surface area (Å²) in [6, 6.07) is 7.37. The second-order valence-electron chi connectivity index (χ2n) is 6.20. The average Bonchev–Trinajstić information content (AvgIpc) is 3.05. The molecular weight excluding hydrogens is 305 g/mol. The van der Waals surface area contributed by atoms with Gasteiger partial charge in [0.1, 0.15) is 23.8 Å². The van der Waals surface area contributed by atoms with E-state index in [-0.39, 0.29) is 5.82 Å². The zero-order chi connectivity index (χ0) is 16.9. The van der Waals surface area contributed by atoms with Crippen LogP contribution in [-0.2, 0) is 6.54 Å². The van der Waals surface area contributed by atoms with Gasteiger partial charge in [0.15, 0.2) is 0 Å². The summed E-state index contributed by atoms with van der Waals surface area (Å²) in [5.74, 6) is 1.62. The highest BCUT2D eigenvalue weighted by atomic mass is 19.1. The Morgan fingerprint density at radius 2 is 2.17 bits per heavy atom. The molecule has 0 aliphatic carbocycles. The Kier molecular flexibility index (Phi) is 5.25. The van der Waals surface area contributed by atoms with Crippen LogP contribution in [0.2, 0.25) is 0 Å². The van der Waals surface area contributed by atoms with Crippen molar-refractivity contribution in [1.29, 1.82) is 0 Å². The first-order valence-electron chi connectivity index (χ1n) is 8.39.